The van der Waals surface area contributed by atoms with Crippen molar-refractivity contribution < 1.29 is 13.9 Å². The number of benzene rings is 2. The highest BCUT2D eigenvalue weighted by Crippen LogP contribution is 2.31. The SMILES string of the molecule is Cc1ccc(F)c(C(C)(O)Cc2ccccc2)c1F. The third kappa shape index (κ3) is 2.82. The molecule has 1 unspecified atom stereocenters. The van der Waals surface area contributed by atoms with Gasteiger partial charge in [0.15, 0.2) is 0 Å². The molecule has 0 aliphatic carbocycles. The molecule has 2 aromatic carbocycles. The van der Waals surface area contributed by atoms with Crippen molar-refractivity contribution in [1.29, 1.82) is 0 Å². The molecule has 2 rings (SSSR count). The van der Waals surface area contributed by atoms with Crippen molar-refractivity contribution in [3.63, 3.8) is 0 Å². The van der Waals surface area contributed by atoms with Crippen LogP contribution >= 0.6 is 0 Å². The third-order valence-electron chi connectivity index (χ3n) is 3.21. The predicted molar refractivity (Wildman–Crippen MR) is 70.8 cm³/mol. The van der Waals surface area contributed by atoms with Gasteiger partial charge in [-0.15, -0.1) is 0 Å². The van der Waals surface area contributed by atoms with Crippen molar-refractivity contribution in [2.75, 3.05) is 0 Å². The summed E-state index contributed by atoms with van der Waals surface area (Å²) in [5.41, 5.74) is -0.699. The molecular formula is C16H16F2O. The van der Waals surface area contributed by atoms with Crippen LogP contribution in [-0.4, -0.2) is 5.11 Å². The van der Waals surface area contributed by atoms with Gasteiger partial charge in [-0.1, -0.05) is 36.4 Å². The molecule has 1 nitrogen and oxygen atoms in total. The van der Waals surface area contributed by atoms with Gasteiger partial charge in [-0.3, -0.25) is 0 Å². The van der Waals surface area contributed by atoms with Crippen LogP contribution < -0.4 is 0 Å². The first-order valence-corrected chi connectivity index (χ1v) is 6.13. The Balaban J connectivity index is 2.42. The van der Waals surface area contributed by atoms with Gasteiger partial charge in [-0.2, -0.15) is 0 Å². The van der Waals surface area contributed by atoms with Gasteiger partial charge in [0, 0.05) is 6.42 Å². The van der Waals surface area contributed by atoms with Crippen molar-refractivity contribution in [2.45, 2.75) is 25.9 Å². The van der Waals surface area contributed by atoms with Crippen LogP contribution in [0, 0.1) is 18.6 Å². The minimum absolute atomic E-state index is 0.158. The minimum atomic E-state index is -1.58. The van der Waals surface area contributed by atoms with Gasteiger partial charge in [0.2, 0.25) is 0 Å². The van der Waals surface area contributed by atoms with Crippen molar-refractivity contribution in [3.05, 3.63) is 70.8 Å². The van der Waals surface area contributed by atoms with Crippen LogP contribution in [0.4, 0.5) is 8.78 Å². The van der Waals surface area contributed by atoms with Crippen LogP contribution in [0.2, 0.25) is 0 Å². The maximum Gasteiger partial charge on any atom is 0.135 e. The Hall–Kier alpha value is -1.74. The van der Waals surface area contributed by atoms with E-state index >= 15 is 0 Å². The van der Waals surface area contributed by atoms with E-state index in [1.54, 1.807) is 6.92 Å². The summed E-state index contributed by atoms with van der Waals surface area (Å²) in [5, 5.41) is 10.4. The molecule has 19 heavy (non-hydrogen) atoms. The quantitative estimate of drug-likeness (QED) is 0.893. The van der Waals surface area contributed by atoms with E-state index in [0.29, 0.717) is 5.56 Å². The number of aryl methyl sites for hydroxylation is 1. The zero-order valence-corrected chi connectivity index (χ0v) is 11.0. The van der Waals surface area contributed by atoms with E-state index in [2.05, 4.69) is 0 Å². The van der Waals surface area contributed by atoms with E-state index in [0.717, 1.165) is 5.56 Å². The maximum atomic E-state index is 14.1. The first kappa shape index (κ1) is 13.7. The van der Waals surface area contributed by atoms with Crippen LogP contribution in [0.15, 0.2) is 42.5 Å². The predicted octanol–water partition coefficient (Wildman–Crippen LogP) is 3.72. The van der Waals surface area contributed by atoms with Crippen LogP contribution in [0.1, 0.15) is 23.6 Å². The first-order chi connectivity index (χ1) is 8.92. The van der Waals surface area contributed by atoms with E-state index in [9.17, 15) is 13.9 Å². The lowest BCUT2D eigenvalue weighted by atomic mass is 9.87. The Morgan fingerprint density at radius 2 is 1.68 bits per heavy atom. The van der Waals surface area contributed by atoms with Crippen molar-refractivity contribution >= 4 is 0 Å². The van der Waals surface area contributed by atoms with E-state index in [-0.39, 0.29) is 12.0 Å². The summed E-state index contributed by atoms with van der Waals surface area (Å²) in [6, 6.07) is 11.7. The van der Waals surface area contributed by atoms with Gasteiger partial charge in [0.25, 0.3) is 0 Å². The molecule has 3 heteroatoms. The molecular weight excluding hydrogens is 246 g/mol. The normalized spacial score (nSPS) is 14.2. The monoisotopic (exact) mass is 262 g/mol. The molecule has 2 aromatic rings. The molecule has 1 atom stereocenters. The number of hydrogen-bond acceptors (Lipinski definition) is 1. The number of hydrogen-bond donors (Lipinski definition) is 1. The topological polar surface area (TPSA) is 20.2 Å². The van der Waals surface area contributed by atoms with Gasteiger partial charge in [0.05, 0.1) is 11.2 Å². The lowest BCUT2D eigenvalue weighted by Crippen LogP contribution is -2.27. The Bertz CT molecular complexity index is 577. The van der Waals surface area contributed by atoms with Crippen LogP contribution in [0.3, 0.4) is 0 Å². The standard InChI is InChI=1S/C16H16F2O/c1-11-8-9-13(17)14(15(11)18)16(2,19)10-12-6-4-3-5-7-12/h3-9,19H,10H2,1-2H3. The molecule has 0 spiro atoms. The van der Waals surface area contributed by atoms with Gasteiger partial charge in [0.1, 0.15) is 11.6 Å². The highest BCUT2D eigenvalue weighted by atomic mass is 19.1. The fourth-order valence-electron chi connectivity index (χ4n) is 2.23. The van der Waals surface area contributed by atoms with Crippen LogP contribution in [0.25, 0.3) is 0 Å². The average Bonchev–Trinajstić information content (AvgIpc) is 2.35. The lowest BCUT2D eigenvalue weighted by molar-refractivity contribution is 0.0496. The fraction of sp³-hybridized carbons (Fsp3) is 0.250. The van der Waals surface area contributed by atoms with Gasteiger partial charge < -0.3 is 5.11 Å². The molecule has 0 amide bonds. The van der Waals surface area contributed by atoms with Gasteiger partial charge in [-0.05, 0) is 31.0 Å². The van der Waals surface area contributed by atoms with E-state index in [1.165, 1.54) is 19.1 Å². The molecule has 0 saturated heterocycles. The van der Waals surface area contributed by atoms with E-state index in [1.807, 2.05) is 30.3 Å². The van der Waals surface area contributed by atoms with Crippen molar-refractivity contribution in [2.24, 2.45) is 0 Å². The molecule has 0 bridgehead atoms. The Morgan fingerprint density at radius 3 is 2.32 bits per heavy atom. The van der Waals surface area contributed by atoms with Crippen LogP contribution in [-0.2, 0) is 12.0 Å². The molecule has 0 heterocycles. The molecule has 0 radical (unpaired) electrons. The molecule has 0 aromatic heterocycles. The summed E-state index contributed by atoms with van der Waals surface area (Å²) in [6.07, 6.45) is 0.158. The molecule has 1 N–H and O–H groups in total. The summed E-state index contributed by atoms with van der Waals surface area (Å²) in [5.74, 6) is -1.40. The summed E-state index contributed by atoms with van der Waals surface area (Å²) in [7, 11) is 0. The van der Waals surface area contributed by atoms with Crippen LogP contribution in [0.5, 0.6) is 0 Å². The fourth-order valence-corrected chi connectivity index (χ4v) is 2.23. The lowest BCUT2D eigenvalue weighted by Gasteiger charge is -2.25. The highest BCUT2D eigenvalue weighted by Gasteiger charge is 2.31. The van der Waals surface area contributed by atoms with Crippen molar-refractivity contribution in [3.8, 4) is 0 Å². The van der Waals surface area contributed by atoms with Gasteiger partial charge in [-0.25, -0.2) is 8.78 Å². The zero-order chi connectivity index (χ0) is 14.0. The maximum absolute atomic E-state index is 14.1. The molecule has 0 saturated carbocycles. The molecule has 0 fully saturated rings. The zero-order valence-electron chi connectivity index (χ0n) is 11.0. The Kier molecular flexibility index (Phi) is 3.67. The number of aliphatic hydroxyl groups is 1. The number of halogens is 2. The Morgan fingerprint density at radius 1 is 1.05 bits per heavy atom. The second kappa shape index (κ2) is 5.10. The summed E-state index contributed by atoms with van der Waals surface area (Å²) < 4.78 is 27.9. The summed E-state index contributed by atoms with van der Waals surface area (Å²) in [6.45, 7) is 2.98. The van der Waals surface area contributed by atoms with E-state index < -0.39 is 17.2 Å². The first-order valence-electron chi connectivity index (χ1n) is 6.13. The van der Waals surface area contributed by atoms with Gasteiger partial charge >= 0.3 is 0 Å². The molecule has 0 aliphatic heterocycles. The third-order valence-corrected chi connectivity index (χ3v) is 3.21. The second-order valence-electron chi connectivity index (χ2n) is 4.99. The largest absolute Gasteiger partial charge is 0.385 e. The Labute approximate surface area is 111 Å². The highest BCUT2D eigenvalue weighted by molar-refractivity contribution is 5.32. The summed E-state index contributed by atoms with van der Waals surface area (Å²) in [4.78, 5) is 0. The number of rotatable bonds is 3. The molecule has 100 valence electrons. The molecule has 0 aliphatic rings. The van der Waals surface area contributed by atoms with E-state index in [4.69, 9.17) is 0 Å². The smallest absolute Gasteiger partial charge is 0.135 e. The minimum Gasteiger partial charge on any atom is -0.385 e. The average molecular weight is 262 g/mol. The second-order valence-corrected chi connectivity index (χ2v) is 4.99. The van der Waals surface area contributed by atoms with Crippen molar-refractivity contribution in [1.82, 2.24) is 0 Å². The summed E-state index contributed by atoms with van der Waals surface area (Å²) >= 11 is 0.